The molecule has 0 spiro atoms. The minimum Gasteiger partial charge on any atom is -0.454 e. The summed E-state index contributed by atoms with van der Waals surface area (Å²) in [7, 11) is 0. The lowest BCUT2D eigenvalue weighted by Crippen LogP contribution is -2.06. The summed E-state index contributed by atoms with van der Waals surface area (Å²) in [5.41, 5.74) is 12.8. The van der Waals surface area contributed by atoms with Gasteiger partial charge in [0.25, 0.3) is 0 Å². The Morgan fingerprint density at radius 2 is 1.60 bits per heavy atom. The minimum absolute atomic E-state index is 0.0393. The van der Waals surface area contributed by atoms with E-state index in [-0.39, 0.29) is 28.8 Å². The van der Waals surface area contributed by atoms with Crippen molar-refractivity contribution in [1.82, 2.24) is 20.2 Å². The van der Waals surface area contributed by atoms with E-state index in [1.54, 1.807) is 30.5 Å². The van der Waals surface area contributed by atoms with Gasteiger partial charge in [0.1, 0.15) is 11.6 Å². The number of ether oxygens (including phenoxy) is 1. The molecule has 5 rings (SSSR count). The molecular weight excluding hydrogens is 464 g/mol. The van der Waals surface area contributed by atoms with Gasteiger partial charge in [-0.1, -0.05) is 18.2 Å². The van der Waals surface area contributed by atoms with Gasteiger partial charge < -0.3 is 16.2 Å². The van der Waals surface area contributed by atoms with E-state index in [4.69, 9.17) is 16.2 Å². The van der Waals surface area contributed by atoms with Gasteiger partial charge in [0.05, 0.1) is 28.5 Å². The Morgan fingerprint density at radius 1 is 0.857 bits per heavy atom. The van der Waals surface area contributed by atoms with E-state index < -0.39 is 17.6 Å². The molecule has 176 valence electrons. The van der Waals surface area contributed by atoms with E-state index in [9.17, 15) is 13.2 Å². The molecule has 7 nitrogen and oxygen atoms in total. The molecule has 0 saturated carbocycles. The second kappa shape index (κ2) is 8.28. The average Bonchev–Trinajstić information content (AvgIpc) is 3.27. The SMILES string of the molecule is Nc1nc(N)c(-c2ccc(Oc3ccc4[nH]ncc4c3)c(F)c2)c(-c2ccc(C(F)(F)F)cc2)n1. The van der Waals surface area contributed by atoms with Crippen molar-refractivity contribution in [2.24, 2.45) is 0 Å². The van der Waals surface area contributed by atoms with Gasteiger partial charge in [-0.15, -0.1) is 0 Å². The van der Waals surface area contributed by atoms with Crippen molar-refractivity contribution in [3.05, 3.63) is 78.2 Å². The van der Waals surface area contributed by atoms with Crippen LogP contribution in [0.2, 0.25) is 0 Å². The van der Waals surface area contributed by atoms with E-state index in [0.29, 0.717) is 16.9 Å². The summed E-state index contributed by atoms with van der Waals surface area (Å²) in [4.78, 5) is 8.10. The molecule has 0 saturated heterocycles. The van der Waals surface area contributed by atoms with Crippen molar-refractivity contribution in [2.75, 3.05) is 11.5 Å². The van der Waals surface area contributed by atoms with Gasteiger partial charge in [0, 0.05) is 10.9 Å². The highest BCUT2D eigenvalue weighted by Gasteiger charge is 2.30. The maximum atomic E-state index is 15.0. The molecule has 0 unspecified atom stereocenters. The standard InChI is InChI=1S/C24H16F4N6O/c25-17-10-13(3-8-19(17)35-16-6-7-18-14(9-16)11-31-34-18)20-21(32-23(30)33-22(20)29)12-1-4-15(5-2-12)24(26,27)28/h1-11H,(H,31,34)(H4,29,30,32,33). The Kier molecular flexibility index (Phi) is 5.24. The number of benzene rings is 3. The second-order valence-corrected chi connectivity index (χ2v) is 7.63. The highest BCUT2D eigenvalue weighted by Crippen LogP contribution is 2.38. The first-order chi connectivity index (χ1) is 16.7. The van der Waals surface area contributed by atoms with Crippen LogP contribution in [0.25, 0.3) is 33.3 Å². The maximum absolute atomic E-state index is 15.0. The lowest BCUT2D eigenvalue weighted by molar-refractivity contribution is -0.137. The first-order valence-electron chi connectivity index (χ1n) is 10.2. The zero-order chi connectivity index (χ0) is 24.7. The molecule has 2 heterocycles. The minimum atomic E-state index is -4.49. The fraction of sp³-hybridized carbons (Fsp3) is 0.0417. The third-order valence-corrected chi connectivity index (χ3v) is 5.30. The number of hydrogen-bond acceptors (Lipinski definition) is 6. The van der Waals surface area contributed by atoms with Gasteiger partial charge in [-0.25, -0.2) is 9.37 Å². The topological polar surface area (TPSA) is 116 Å². The van der Waals surface area contributed by atoms with Gasteiger partial charge >= 0.3 is 6.18 Å². The number of halogens is 4. The van der Waals surface area contributed by atoms with Gasteiger partial charge in [-0.05, 0) is 48.0 Å². The summed E-state index contributed by atoms with van der Waals surface area (Å²) in [6.45, 7) is 0. The van der Waals surface area contributed by atoms with Crippen LogP contribution in [0.15, 0.2) is 66.9 Å². The van der Waals surface area contributed by atoms with Crippen LogP contribution in [-0.2, 0) is 6.18 Å². The van der Waals surface area contributed by atoms with Crippen LogP contribution in [0.5, 0.6) is 11.5 Å². The predicted octanol–water partition coefficient (Wildman–Crippen LogP) is 5.80. The number of aromatic amines is 1. The molecule has 2 aromatic heterocycles. The van der Waals surface area contributed by atoms with Crippen LogP contribution in [0, 0.1) is 5.82 Å². The van der Waals surface area contributed by atoms with E-state index in [1.807, 2.05) is 0 Å². The molecule has 0 aliphatic heterocycles. The molecule has 0 bridgehead atoms. The number of H-pyrrole nitrogens is 1. The van der Waals surface area contributed by atoms with Crippen LogP contribution in [0.4, 0.5) is 29.3 Å². The maximum Gasteiger partial charge on any atom is 0.416 e. The third-order valence-electron chi connectivity index (χ3n) is 5.30. The summed E-state index contributed by atoms with van der Waals surface area (Å²) < 4.78 is 59.6. The summed E-state index contributed by atoms with van der Waals surface area (Å²) in [6.07, 6.45) is -2.87. The highest BCUT2D eigenvalue weighted by molar-refractivity contribution is 5.88. The number of nitrogens with one attached hydrogen (secondary N) is 1. The summed E-state index contributed by atoms with van der Waals surface area (Å²) in [5.74, 6) is -0.541. The van der Waals surface area contributed by atoms with Gasteiger partial charge in [-0.2, -0.15) is 23.3 Å². The van der Waals surface area contributed by atoms with Crippen molar-refractivity contribution in [2.45, 2.75) is 6.18 Å². The zero-order valence-electron chi connectivity index (χ0n) is 17.8. The molecule has 5 aromatic rings. The molecule has 0 fully saturated rings. The molecule has 5 N–H and O–H groups in total. The third kappa shape index (κ3) is 4.31. The van der Waals surface area contributed by atoms with Crippen LogP contribution < -0.4 is 16.2 Å². The predicted molar refractivity (Wildman–Crippen MR) is 123 cm³/mol. The van der Waals surface area contributed by atoms with Crippen molar-refractivity contribution >= 4 is 22.7 Å². The molecular formula is C24H16F4N6O. The Morgan fingerprint density at radius 3 is 2.31 bits per heavy atom. The number of rotatable bonds is 4. The summed E-state index contributed by atoms with van der Waals surface area (Å²) in [6, 6.07) is 13.6. The van der Waals surface area contributed by atoms with Crippen molar-refractivity contribution < 1.29 is 22.3 Å². The molecule has 0 atom stereocenters. The first kappa shape index (κ1) is 22.1. The number of anilines is 2. The van der Waals surface area contributed by atoms with Gasteiger partial charge in [0.2, 0.25) is 5.95 Å². The quantitative estimate of drug-likeness (QED) is 0.280. The van der Waals surface area contributed by atoms with E-state index in [2.05, 4.69) is 20.2 Å². The average molecular weight is 480 g/mol. The van der Waals surface area contributed by atoms with Crippen LogP contribution in [-0.4, -0.2) is 20.2 Å². The second-order valence-electron chi connectivity index (χ2n) is 7.63. The number of alkyl halides is 3. The summed E-state index contributed by atoms with van der Waals surface area (Å²) in [5, 5.41) is 7.55. The number of fused-ring (bicyclic) bond motifs is 1. The van der Waals surface area contributed by atoms with E-state index in [0.717, 1.165) is 23.0 Å². The van der Waals surface area contributed by atoms with E-state index >= 15 is 4.39 Å². The van der Waals surface area contributed by atoms with Crippen molar-refractivity contribution in [1.29, 1.82) is 0 Å². The molecule has 11 heteroatoms. The molecule has 0 aliphatic carbocycles. The molecule has 0 radical (unpaired) electrons. The number of hydrogen-bond donors (Lipinski definition) is 3. The van der Waals surface area contributed by atoms with E-state index in [1.165, 1.54) is 24.3 Å². The molecule has 0 amide bonds. The van der Waals surface area contributed by atoms with Gasteiger partial charge in [0.15, 0.2) is 11.6 Å². The largest absolute Gasteiger partial charge is 0.454 e. The monoisotopic (exact) mass is 480 g/mol. The smallest absolute Gasteiger partial charge is 0.416 e. The molecule has 35 heavy (non-hydrogen) atoms. The first-order valence-corrected chi connectivity index (χ1v) is 10.2. The van der Waals surface area contributed by atoms with Gasteiger partial charge in [-0.3, -0.25) is 5.10 Å². The number of nitrogens with zero attached hydrogens (tertiary/aromatic N) is 3. The number of aromatic nitrogens is 4. The molecule has 0 aliphatic rings. The van der Waals surface area contributed by atoms with Crippen LogP contribution >= 0.6 is 0 Å². The fourth-order valence-corrected chi connectivity index (χ4v) is 3.66. The zero-order valence-corrected chi connectivity index (χ0v) is 17.8. The Labute approximate surface area is 195 Å². The summed E-state index contributed by atoms with van der Waals surface area (Å²) >= 11 is 0. The van der Waals surface area contributed by atoms with Crippen molar-refractivity contribution in [3.63, 3.8) is 0 Å². The Hall–Kier alpha value is -4.67. The molecule has 3 aromatic carbocycles. The Balaban J connectivity index is 1.52. The normalized spacial score (nSPS) is 11.7. The van der Waals surface area contributed by atoms with Crippen molar-refractivity contribution in [3.8, 4) is 33.9 Å². The number of nitrogen functional groups attached to an aromatic ring is 2. The lowest BCUT2D eigenvalue weighted by Gasteiger charge is -2.14. The highest BCUT2D eigenvalue weighted by atomic mass is 19.4. The van der Waals surface area contributed by atoms with Crippen LogP contribution in [0.1, 0.15) is 5.56 Å². The lowest BCUT2D eigenvalue weighted by atomic mass is 9.98. The Bertz CT molecular complexity index is 1550. The van der Waals surface area contributed by atoms with Crippen LogP contribution in [0.3, 0.4) is 0 Å². The number of nitrogens with two attached hydrogens (primary N) is 2. The fourth-order valence-electron chi connectivity index (χ4n) is 3.66.